The molecule has 1 aliphatic rings. The van der Waals surface area contributed by atoms with Gasteiger partial charge in [0.2, 0.25) is 5.91 Å². The minimum absolute atomic E-state index is 0.109. The van der Waals surface area contributed by atoms with Gasteiger partial charge in [0.25, 0.3) is 5.91 Å². The number of rotatable bonds is 1. The molecule has 0 atom stereocenters. The van der Waals surface area contributed by atoms with E-state index in [1.807, 2.05) is 6.92 Å². The molecule has 0 bridgehead atoms. The molecule has 1 saturated heterocycles. The zero-order valence-electron chi connectivity index (χ0n) is 10.4. The Bertz CT molecular complexity index is 485. The Kier molecular flexibility index (Phi) is 3.50. The highest BCUT2D eigenvalue weighted by molar-refractivity contribution is 5.98. The summed E-state index contributed by atoms with van der Waals surface area (Å²) in [6.45, 7) is 3.15. The van der Waals surface area contributed by atoms with Crippen molar-refractivity contribution in [2.75, 3.05) is 25.4 Å². The fraction of sp³-hybridized carbons (Fsp3) is 0.385. The second-order valence-corrected chi connectivity index (χ2v) is 4.45. The fourth-order valence-corrected chi connectivity index (χ4v) is 2.03. The van der Waals surface area contributed by atoms with E-state index in [0.29, 0.717) is 24.3 Å². The Balaban J connectivity index is 2.24. The molecule has 1 aromatic rings. The maximum Gasteiger partial charge on any atom is 0.254 e. The van der Waals surface area contributed by atoms with E-state index in [1.165, 1.54) is 0 Å². The highest BCUT2D eigenvalue weighted by Gasteiger charge is 2.22. The molecule has 0 aromatic heterocycles. The average molecular weight is 247 g/mol. The van der Waals surface area contributed by atoms with E-state index < -0.39 is 0 Å². The van der Waals surface area contributed by atoms with Gasteiger partial charge in [0, 0.05) is 24.3 Å². The van der Waals surface area contributed by atoms with Crippen molar-refractivity contribution in [3.63, 3.8) is 0 Å². The summed E-state index contributed by atoms with van der Waals surface area (Å²) in [5.41, 5.74) is 7.74. The Morgan fingerprint density at radius 1 is 1.44 bits per heavy atom. The molecule has 18 heavy (non-hydrogen) atoms. The molecule has 1 heterocycles. The largest absolute Gasteiger partial charge is 0.398 e. The quantitative estimate of drug-likeness (QED) is 0.711. The van der Waals surface area contributed by atoms with E-state index in [9.17, 15) is 9.59 Å². The number of nitrogen functional groups attached to an aromatic ring is 1. The molecule has 0 spiro atoms. The third-order valence-electron chi connectivity index (χ3n) is 3.15. The molecular formula is C13H17N3O2. The number of carbonyl (C=O) groups is 2. The lowest BCUT2D eigenvalue weighted by Gasteiger charge is -2.20. The third-order valence-corrected chi connectivity index (χ3v) is 3.15. The van der Waals surface area contributed by atoms with Crippen LogP contribution in [0, 0.1) is 6.92 Å². The summed E-state index contributed by atoms with van der Waals surface area (Å²) in [5.74, 6) is -0.237. The first-order valence-electron chi connectivity index (χ1n) is 6.00. The summed E-state index contributed by atoms with van der Waals surface area (Å²) in [7, 11) is 0. The van der Waals surface area contributed by atoms with Crippen LogP contribution < -0.4 is 11.1 Å². The Morgan fingerprint density at radius 3 is 3.00 bits per heavy atom. The molecular weight excluding hydrogens is 230 g/mol. The van der Waals surface area contributed by atoms with Crippen LogP contribution in [0.25, 0.3) is 0 Å². The van der Waals surface area contributed by atoms with Crippen LogP contribution in [0.3, 0.4) is 0 Å². The Hall–Kier alpha value is -2.04. The smallest absolute Gasteiger partial charge is 0.254 e. The van der Waals surface area contributed by atoms with Crippen LogP contribution in [0.4, 0.5) is 5.69 Å². The lowest BCUT2D eigenvalue weighted by Crippen LogP contribution is -2.37. The minimum Gasteiger partial charge on any atom is -0.398 e. The fourth-order valence-electron chi connectivity index (χ4n) is 2.03. The molecule has 0 radical (unpaired) electrons. The summed E-state index contributed by atoms with van der Waals surface area (Å²) in [6.07, 6.45) is 0.777. The van der Waals surface area contributed by atoms with Crippen molar-refractivity contribution in [2.45, 2.75) is 13.3 Å². The van der Waals surface area contributed by atoms with Gasteiger partial charge in [-0.1, -0.05) is 6.07 Å². The van der Waals surface area contributed by atoms with Gasteiger partial charge < -0.3 is 16.0 Å². The second-order valence-electron chi connectivity index (χ2n) is 4.45. The molecule has 2 rings (SSSR count). The number of nitrogens with zero attached hydrogens (tertiary/aromatic N) is 1. The maximum atomic E-state index is 12.4. The number of nitrogens with one attached hydrogen (secondary N) is 1. The van der Waals surface area contributed by atoms with Crippen LogP contribution in [-0.4, -0.2) is 36.3 Å². The summed E-state index contributed by atoms with van der Waals surface area (Å²) >= 11 is 0. The SMILES string of the molecule is Cc1c(N)cccc1C(=O)N1CCCNC(=O)C1. The highest BCUT2D eigenvalue weighted by Crippen LogP contribution is 2.17. The van der Waals surface area contributed by atoms with Crippen molar-refractivity contribution >= 4 is 17.5 Å². The molecule has 1 aromatic carbocycles. The zero-order valence-corrected chi connectivity index (χ0v) is 10.4. The monoisotopic (exact) mass is 247 g/mol. The molecule has 0 saturated carbocycles. The third kappa shape index (κ3) is 2.45. The molecule has 0 aliphatic carbocycles. The van der Waals surface area contributed by atoms with Crippen LogP contribution in [0.15, 0.2) is 18.2 Å². The van der Waals surface area contributed by atoms with Crippen LogP contribution in [-0.2, 0) is 4.79 Å². The number of nitrogens with two attached hydrogens (primary N) is 1. The Labute approximate surface area is 106 Å². The van der Waals surface area contributed by atoms with Gasteiger partial charge in [0.15, 0.2) is 0 Å². The normalized spacial score (nSPS) is 16.1. The number of amides is 2. The van der Waals surface area contributed by atoms with Crippen LogP contribution >= 0.6 is 0 Å². The van der Waals surface area contributed by atoms with Gasteiger partial charge in [-0.15, -0.1) is 0 Å². The summed E-state index contributed by atoms with van der Waals surface area (Å²) in [4.78, 5) is 25.4. The van der Waals surface area contributed by atoms with Crippen LogP contribution in [0.1, 0.15) is 22.3 Å². The van der Waals surface area contributed by atoms with Crippen molar-refractivity contribution in [1.82, 2.24) is 10.2 Å². The van der Waals surface area contributed by atoms with E-state index in [4.69, 9.17) is 5.73 Å². The topological polar surface area (TPSA) is 75.4 Å². The lowest BCUT2D eigenvalue weighted by molar-refractivity contribution is -0.121. The lowest BCUT2D eigenvalue weighted by atomic mass is 10.1. The molecule has 1 fully saturated rings. The first-order valence-corrected chi connectivity index (χ1v) is 6.00. The predicted octanol–water partition coefficient (Wildman–Crippen LogP) is 0.539. The van der Waals surface area contributed by atoms with Crippen LogP contribution in [0.2, 0.25) is 0 Å². The molecule has 0 unspecified atom stereocenters. The van der Waals surface area contributed by atoms with Crippen molar-refractivity contribution < 1.29 is 9.59 Å². The number of benzene rings is 1. The predicted molar refractivity (Wildman–Crippen MR) is 69.1 cm³/mol. The van der Waals surface area contributed by atoms with Gasteiger partial charge >= 0.3 is 0 Å². The minimum atomic E-state index is -0.128. The summed E-state index contributed by atoms with van der Waals surface area (Å²) in [5, 5.41) is 2.75. The number of hydrogen-bond acceptors (Lipinski definition) is 3. The Morgan fingerprint density at radius 2 is 2.22 bits per heavy atom. The maximum absolute atomic E-state index is 12.4. The van der Waals surface area contributed by atoms with Gasteiger partial charge in [-0.2, -0.15) is 0 Å². The molecule has 5 heteroatoms. The molecule has 1 aliphatic heterocycles. The van der Waals surface area contributed by atoms with Gasteiger partial charge in [0.1, 0.15) is 0 Å². The van der Waals surface area contributed by atoms with Crippen molar-refractivity contribution in [3.8, 4) is 0 Å². The van der Waals surface area contributed by atoms with E-state index in [1.54, 1.807) is 23.1 Å². The van der Waals surface area contributed by atoms with E-state index >= 15 is 0 Å². The summed E-state index contributed by atoms with van der Waals surface area (Å²) in [6, 6.07) is 5.27. The molecule has 96 valence electrons. The van der Waals surface area contributed by atoms with Gasteiger partial charge in [-0.25, -0.2) is 0 Å². The number of carbonyl (C=O) groups excluding carboxylic acids is 2. The van der Waals surface area contributed by atoms with Gasteiger partial charge in [-0.3, -0.25) is 9.59 Å². The molecule has 3 N–H and O–H groups in total. The van der Waals surface area contributed by atoms with Gasteiger partial charge in [-0.05, 0) is 31.0 Å². The molecule has 2 amide bonds. The van der Waals surface area contributed by atoms with E-state index in [0.717, 1.165) is 12.0 Å². The van der Waals surface area contributed by atoms with Crippen molar-refractivity contribution in [2.24, 2.45) is 0 Å². The average Bonchev–Trinajstić information content (AvgIpc) is 2.56. The van der Waals surface area contributed by atoms with Crippen LogP contribution in [0.5, 0.6) is 0 Å². The van der Waals surface area contributed by atoms with Crippen molar-refractivity contribution in [3.05, 3.63) is 29.3 Å². The van der Waals surface area contributed by atoms with Gasteiger partial charge in [0.05, 0.1) is 6.54 Å². The van der Waals surface area contributed by atoms with E-state index in [-0.39, 0.29) is 18.4 Å². The first-order chi connectivity index (χ1) is 8.59. The van der Waals surface area contributed by atoms with Crippen molar-refractivity contribution in [1.29, 1.82) is 0 Å². The number of hydrogen-bond donors (Lipinski definition) is 2. The summed E-state index contributed by atoms with van der Waals surface area (Å²) < 4.78 is 0. The zero-order chi connectivity index (χ0) is 13.1. The van der Waals surface area contributed by atoms with E-state index in [2.05, 4.69) is 5.32 Å². The highest BCUT2D eigenvalue weighted by atomic mass is 16.2. The first kappa shape index (κ1) is 12.4. The number of anilines is 1. The second kappa shape index (κ2) is 5.08. The standard InChI is InChI=1S/C13H17N3O2/c1-9-10(4-2-5-11(9)14)13(18)16-7-3-6-15-12(17)8-16/h2,4-5H,3,6-8,14H2,1H3,(H,15,17). The molecule has 5 nitrogen and oxygen atoms in total.